The van der Waals surface area contributed by atoms with Crippen molar-refractivity contribution < 1.29 is 4.79 Å². The zero-order valence-electron chi connectivity index (χ0n) is 11.7. The Bertz CT molecular complexity index is 206. The van der Waals surface area contributed by atoms with Gasteiger partial charge in [0.05, 0.1) is 6.54 Å². The minimum atomic E-state index is 0.246. The SMILES string of the molecule is CC.CC1CN(C)CCN1C(=O)CN(C)C. The smallest absolute Gasteiger partial charge is 0.237 e. The number of nitrogens with zero attached hydrogens (tertiary/aromatic N) is 3. The van der Waals surface area contributed by atoms with Gasteiger partial charge in [0.2, 0.25) is 5.91 Å². The zero-order valence-corrected chi connectivity index (χ0v) is 11.7. The monoisotopic (exact) mass is 229 g/mol. The van der Waals surface area contributed by atoms with Crippen LogP contribution in [0.3, 0.4) is 0 Å². The summed E-state index contributed by atoms with van der Waals surface area (Å²) in [4.78, 5) is 18.0. The van der Waals surface area contributed by atoms with Crippen molar-refractivity contribution >= 4 is 5.91 Å². The highest BCUT2D eigenvalue weighted by atomic mass is 16.2. The molecule has 4 nitrogen and oxygen atoms in total. The number of carbonyl (C=O) groups excluding carboxylic acids is 1. The highest BCUT2D eigenvalue weighted by molar-refractivity contribution is 5.78. The number of carbonyl (C=O) groups is 1. The molecule has 96 valence electrons. The third kappa shape index (κ3) is 4.94. The van der Waals surface area contributed by atoms with E-state index < -0.39 is 0 Å². The summed E-state index contributed by atoms with van der Waals surface area (Å²) >= 11 is 0. The number of hydrogen-bond acceptors (Lipinski definition) is 3. The molecule has 0 N–H and O–H groups in total. The molecule has 0 aromatic carbocycles. The molecule has 1 unspecified atom stereocenters. The average Bonchev–Trinajstić information content (AvgIpc) is 2.19. The Labute approximate surface area is 100 Å². The summed E-state index contributed by atoms with van der Waals surface area (Å²) < 4.78 is 0. The van der Waals surface area contributed by atoms with Gasteiger partial charge in [-0.25, -0.2) is 0 Å². The molecule has 0 radical (unpaired) electrons. The molecule has 0 aromatic heterocycles. The molecule has 1 fully saturated rings. The second-order valence-corrected chi connectivity index (χ2v) is 4.44. The largest absolute Gasteiger partial charge is 0.336 e. The number of piperazine rings is 1. The van der Waals surface area contributed by atoms with Gasteiger partial charge in [-0.15, -0.1) is 0 Å². The molecule has 0 saturated carbocycles. The Morgan fingerprint density at radius 1 is 1.31 bits per heavy atom. The van der Waals surface area contributed by atoms with Crippen LogP contribution in [0.1, 0.15) is 20.8 Å². The van der Waals surface area contributed by atoms with E-state index in [1.807, 2.05) is 37.7 Å². The Morgan fingerprint density at radius 2 is 1.88 bits per heavy atom. The summed E-state index contributed by atoms with van der Waals surface area (Å²) in [5.74, 6) is 0.246. The maximum Gasteiger partial charge on any atom is 0.237 e. The van der Waals surface area contributed by atoms with Crippen LogP contribution in [-0.4, -0.2) is 74.0 Å². The second kappa shape index (κ2) is 7.63. The molecule has 4 heteroatoms. The molecule has 1 atom stereocenters. The fourth-order valence-electron chi connectivity index (χ4n) is 1.87. The third-order valence-corrected chi connectivity index (χ3v) is 2.60. The van der Waals surface area contributed by atoms with Crippen LogP contribution in [0.5, 0.6) is 0 Å². The van der Waals surface area contributed by atoms with Crippen LogP contribution in [-0.2, 0) is 4.79 Å². The van der Waals surface area contributed by atoms with E-state index in [9.17, 15) is 4.79 Å². The average molecular weight is 229 g/mol. The Kier molecular flexibility index (Phi) is 7.34. The van der Waals surface area contributed by atoms with Gasteiger partial charge in [-0.3, -0.25) is 4.79 Å². The minimum absolute atomic E-state index is 0.246. The van der Waals surface area contributed by atoms with Crippen molar-refractivity contribution in [1.29, 1.82) is 0 Å². The van der Waals surface area contributed by atoms with Gasteiger partial charge >= 0.3 is 0 Å². The summed E-state index contributed by atoms with van der Waals surface area (Å²) in [6, 6.07) is 0.348. The van der Waals surface area contributed by atoms with Crippen molar-refractivity contribution in [3.05, 3.63) is 0 Å². The van der Waals surface area contributed by atoms with E-state index in [2.05, 4.69) is 18.9 Å². The Morgan fingerprint density at radius 3 is 2.31 bits per heavy atom. The molecule has 0 spiro atoms. The van der Waals surface area contributed by atoms with Gasteiger partial charge in [0.15, 0.2) is 0 Å². The van der Waals surface area contributed by atoms with Crippen LogP contribution in [0.2, 0.25) is 0 Å². The first-order valence-corrected chi connectivity index (χ1v) is 6.13. The first-order valence-electron chi connectivity index (χ1n) is 6.13. The molecule has 0 aliphatic carbocycles. The molecule has 1 rings (SSSR count). The summed E-state index contributed by atoms with van der Waals surface area (Å²) in [6.07, 6.45) is 0. The molecular formula is C12H27N3O. The lowest BCUT2D eigenvalue weighted by Crippen LogP contribution is -2.54. The molecule has 1 aliphatic rings. The predicted octanol–water partition coefficient (Wildman–Crippen LogP) is 0.737. The number of likely N-dealkylation sites (N-methyl/N-ethyl adjacent to an activating group) is 2. The van der Waals surface area contributed by atoms with Crippen LogP contribution < -0.4 is 0 Å². The number of hydrogen-bond donors (Lipinski definition) is 0. The molecule has 1 saturated heterocycles. The Hall–Kier alpha value is -0.610. The van der Waals surface area contributed by atoms with Crippen molar-refractivity contribution in [2.75, 3.05) is 47.3 Å². The maximum atomic E-state index is 11.8. The zero-order chi connectivity index (χ0) is 12.7. The van der Waals surface area contributed by atoms with Gasteiger partial charge in [0, 0.05) is 25.7 Å². The van der Waals surface area contributed by atoms with Crippen molar-refractivity contribution in [2.45, 2.75) is 26.8 Å². The van der Waals surface area contributed by atoms with Crippen LogP contribution in [0, 0.1) is 0 Å². The summed E-state index contributed by atoms with van der Waals surface area (Å²) in [6.45, 7) is 9.48. The lowest BCUT2D eigenvalue weighted by atomic mass is 10.2. The van der Waals surface area contributed by atoms with E-state index in [-0.39, 0.29) is 5.91 Å². The summed E-state index contributed by atoms with van der Waals surface area (Å²) in [5.41, 5.74) is 0. The summed E-state index contributed by atoms with van der Waals surface area (Å²) in [5, 5.41) is 0. The van der Waals surface area contributed by atoms with Gasteiger partial charge in [-0.2, -0.15) is 0 Å². The number of rotatable bonds is 2. The minimum Gasteiger partial charge on any atom is -0.336 e. The van der Waals surface area contributed by atoms with Crippen molar-refractivity contribution in [2.24, 2.45) is 0 Å². The van der Waals surface area contributed by atoms with Crippen LogP contribution in [0.15, 0.2) is 0 Å². The second-order valence-electron chi connectivity index (χ2n) is 4.44. The van der Waals surface area contributed by atoms with E-state index >= 15 is 0 Å². The van der Waals surface area contributed by atoms with Crippen molar-refractivity contribution in [3.8, 4) is 0 Å². The highest BCUT2D eigenvalue weighted by Gasteiger charge is 2.25. The van der Waals surface area contributed by atoms with Crippen molar-refractivity contribution in [3.63, 3.8) is 0 Å². The van der Waals surface area contributed by atoms with Crippen molar-refractivity contribution in [1.82, 2.24) is 14.7 Å². The maximum absolute atomic E-state index is 11.8. The van der Waals surface area contributed by atoms with Gasteiger partial charge in [0.1, 0.15) is 0 Å². The first kappa shape index (κ1) is 15.4. The molecular weight excluding hydrogens is 202 g/mol. The lowest BCUT2D eigenvalue weighted by Gasteiger charge is -2.38. The molecule has 0 aromatic rings. The highest BCUT2D eigenvalue weighted by Crippen LogP contribution is 2.07. The fraction of sp³-hybridized carbons (Fsp3) is 0.917. The molecule has 1 heterocycles. The lowest BCUT2D eigenvalue weighted by molar-refractivity contribution is -0.136. The van der Waals surface area contributed by atoms with Gasteiger partial charge in [0.25, 0.3) is 0 Å². The molecule has 0 bridgehead atoms. The van der Waals surface area contributed by atoms with Gasteiger partial charge < -0.3 is 14.7 Å². The Balaban J connectivity index is 0.00000106. The molecule has 1 amide bonds. The standard InChI is InChI=1S/C10H21N3O.C2H6/c1-9-7-12(4)5-6-13(9)10(14)8-11(2)3;1-2/h9H,5-8H2,1-4H3;1-2H3. The third-order valence-electron chi connectivity index (χ3n) is 2.60. The van der Waals surface area contributed by atoms with Gasteiger partial charge in [-0.05, 0) is 28.1 Å². The molecule has 16 heavy (non-hydrogen) atoms. The summed E-state index contributed by atoms with van der Waals surface area (Å²) in [7, 11) is 5.96. The normalized spacial score (nSPS) is 21.7. The number of amides is 1. The topological polar surface area (TPSA) is 26.8 Å². The predicted molar refractivity (Wildman–Crippen MR) is 68.6 cm³/mol. The van der Waals surface area contributed by atoms with E-state index in [1.165, 1.54) is 0 Å². The van der Waals surface area contributed by atoms with E-state index in [0.717, 1.165) is 19.6 Å². The fourth-order valence-corrected chi connectivity index (χ4v) is 1.87. The quantitative estimate of drug-likeness (QED) is 0.699. The van der Waals surface area contributed by atoms with E-state index in [4.69, 9.17) is 0 Å². The van der Waals surface area contributed by atoms with Crippen LogP contribution >= 0.6 is 0 Å². The van der Waals surface area contributed by atoms with E-state index in [0.29, 0.717) is 12.6 Å². The molecule has 1 aliphatic heterocycles. The van der Waals surface area contributed by atoms with Crippen LogP contribution in [0.4, 0.5) is 0 Å². The first-order chi connectivity index (χ1) is 7.50. The van der Waals surface area contributed by atoms with Gasteiger partial charge in [-0.1, -0.05) is 13.8 Å². The van der Waals surface area contributed by atoms with E-state index in [1.54, 1.807) is 0 Å². The van der Waals surface area contributed by atoms with Crippen LogP contribution in [0.25, 0.3) is 0 Å².